The highest BCUT2D eigenvalue weighted by Gasteiger charge is 2.20. The van der Waals surface area contributed by atoms with Crippen LogP contribution in [0.15, 0.2) is 18.3 Å². The maximum Gasteiger partial charge on any atom is 0.265 e. The topological polar surface area (TPSA) is 84.4 Å². The minimum Gasteiger partial charge on any atom is -0.473 e. The van der Waals surface area contributed by atoms with E-state index in [0.29, 0.717) is 27.1 Å². The maximum atomic E-state index is 12.5. The second-order valence-electron chi connectivity index (χ2n) is 6.07. The summed E-state index contributed by atoms with van der Waals surface area (Å²) in [6.45, 7) is 1.75. The Balaban J connectivity index is 1.70. The van der Waals surface area contributed by atoms with Crippen LogP contribution in [0.5, 0.6) is 5.88 Å². The Morgan fingerprint density at radius 3 is 2.88 bits per heavy atom. The van der Waals surface area contributed by atoms with Crippen LogP contribution < -0.4 is 10.1 Å². The van der Waals surface area contributed by atoms with Gasteiger partial charge in [0.2, 0.25) is 5.88 Å². The molecule has 138 valence electrons. The predicted octanol–water partition coefficient (Wildman–Crippen LogP) is 2.68. The van der Waals surface area contributed by atoms with Crippen LogP contribution in [0.25, 0.3) is 0 Å². The van der Waals surface area contributed by atoms with Gasteiger partial charge in [0.25, 0.3) is 11.8 Å². The quantitative estimate of drug-likeness (QED) is 0.842. The van der Waals surface area contributed by atoms with E-state index in [2.05, 4.69) is 15.3 Å². The summed E-state index contributed by atoms with van der Waals surface area (Å²) in [7, 11) is 3.36. The monoisotopic (exact) mass is 392 g/mol. The molecule has 3 heterocycles. The Kier molecular flexibility index (Phi) is 5.77. The first-order valence-corrected chi connectivity index (χ1v) is 10.1. The summed E-state index contributed by atoms with van der Waals surface area (Å²) in [5.74, 6) is 2.04. The lowest BCUT2D eigenvalue weighted by Crippen LogP contribution is -2.21. The van der Waals surface area contributed by atoms with E-state index in [9.17, 15) is 9.59 Å². The van der Waals surface area contributed by atoms with Crippen LogP contribution in [0, 0.1) is 6.92 Å². The van der Waals surface area contributed by atoms with Gasteiger partial charge >= 0.3 is 0 Å². The molecule has 1 atom stereocenters. The SMILES string of the molecule is Cc1nc(NC(=O)c2ccnc(O[C@H]3CCSC3)c2)sc1C(=O)N(C)C. The fraction of sp³-hybridized carbons (Fsp3) is 0.412. The molecule has 0 spiro atoms. The normalized spacial score (nSPS) is 16.3. The molecule has 2 aromatic heterocycles. The van der Waals surface area contributed by atoms with Gasteiger partial charge in [-0.05, 0) is 25.2 Å². The highest BCUT2D eigenvalue weighted by atomic mass is 32.2. The van der Waals surface area contributed by atoms with Crippen LogP contribution in [0.1, 0.15) is 32.1 Å². The third kappa shape index (κ3) is 4.34. The molecule has 1 fully saturated rings. The van der Waals surface area contributed by atoms with Crippen LogP contribution in [-0.2, 0) is 0 Å². The van der Waals surface area contributed by atoms with Crippen molar-refractivity contribution >= 4 is 40.0 Å². The number of carbonyl (C=O) groups excluding carboxylic acids is 2. The van der Waals surface area contributed by atoms with Crippen LogP contribution in [0.2, 0.25) is 0 Å². The molecular weight excluding hydrogens is 372 g/mol. The number of rotatable bonds is 5. The Labute approximate surface area is 160 Å². The van der Waals surface area contributed by atoms with Crippen molar-refractivity contribution < 1.29 is 14.3 Å². The molecule has 0 aliphatic carbocycles. The number of aromatic nitrogens is 2. The second kappa shape index (κ2) is 8.05. The van der Waals surface area contributed by atoms with Crippen LogP contribution in [0.3, 0.4) is 0 Å². The summed E-state index contributed by atoms with van der Waals surface area (Å²) in [4.78, 5) is 35.1. The highest BCUT2D eigenvalue weighted by Crippen LogP contribution is 2.25. The zero-order valence-corrected chi connectivity index (χ0v) is 16.4. The lowest BCUT2D eigenvalue weighted by molar-refractivity contribution is 0.0831. The molecule has 3 rings (SSSR count). The zero-order valence-electron chi connectivity index (χ0n) is 14.8. The summed E-state index contributed by atoms with van der Waals surface area (Å²) in [6.07, 6.45) is 2.69. The average Bonchev–Trinajstić information content (AvgIpc) is 3.24. The first kappa shape index (κ1) is 18.7. The standard InChI is InChI=1S/C17H20N4O3S2/c1-10-14(16(23)21(2)3)26-17(19-10)20-15(22)11-4-6-18-13(8-11)24-12-5-7-25-9-12/h4,6,8,12H,5,7,9H2,1-3H3,(H,19,20,22)/t12-/m0/s1. The van der Waals surface area contributed by atoms with Gasteiger partial charge in [0.05, 0.1) is 5.69 Å². The van der Waals surface area contributed by atoms with Gasteiger partial charge in [-0.3, -0.25) is 14.9 Å². The number of pyridine rings is 1. The molecule has 0 aromatic carbocycles. The van der Waals surface area contributed by atoms with Gasteiger partial charge in [0.1, 0.15) is 11.0 Å². The molecule has 7 nitrogen and oxygen atoms in total. The lowest BCUT2D eigenvalue weighted by atomic mass is 10.2. The molecule has 2 amide bonds. The summed E-state index contributed by atoms with van der Waals surface area (Å²) >= 11 is 3.02. The van der Waals surface area contributed by atoms with E-state index in [1.165, 1.54) is 16.2 Å². The van der Waals surface area contributed by atoms with E-state index in [0.717, 1.165) is 17.9 Å². The van der Waals surface area contributed by atoms with Gasteiger partial charge in [0.15, 0.2) is 5.13 Å². The number of ether oxygens (including phenoxy) is 1. The molecule has 26 heavy (non-hydrogen) atoms. The summed E-state index contributed by atoms with van der Waals surface area (Å²) in [5, 5.41) is 3.14. The molecule has 9 heteroatoms. The van der Waals surface area contributed by atoms with E-state index in [4.69, 9.17) is 4.74 Å². The number of aryl methyl sites for hydroxylation is 1. The average molecular weight is 393 g/mol. The molecule has 0 radical (unpaired) electrons. The van der Waals surface area contributed by atoms with Crippen molar-refractivity contribution in [2.45, 2.75) is 19.4 Å². The first-order valence-electron chi connectivity index (χ1n) is 8.15. The molecule has 0 unspecified atom stereocenters. The third-order valence-corrected chi connectivity index (χ3v) is 5.98. The van der Waals surface area contributed by atoms with Crippen LogP contribution >= 0.6 is 23.1 Å². The minimum absolute atomic E-state index is 0.130. The molecule has 1 aliphatic rings. The van der Waals surface area contributed by atoms with Crippen molar-refractivity contribution in [2.24, 2.45) is 0 Å². The highest BCUT2D eigenvalue weighted by molar-refractivity contribution is 7.99. The van der Waals surface area contributed by atoms with Gasteiger partial charge in [0, 0.05) is 37.7 Å². The largest absolute Gasteiger partial charge is 0.473 e. The molecule has 1 aliphatic heterocycles. The van der Waals surface area contributed by atoms with E-state index < -0.39 is 0 Å². The van der Waals surface area contributed by atoms with Gasteiger partial charge in [-0.2, -0.15) is 11.8 Å². The Morgan fingerprint density at radius 2 is 2.19 bits per heavy atom. The summed E-state index contributed by atoms with van der Waals surface area (Å²) in [6, 6.07) is 3.25. The van der Waals surface area contributed by atoms with Crippen molar-refractivity contribution in [3.63, 3.8) is 0 Å². The number of hydrogen-bond acceptors (Lipinski definition) is 7. The van der Waals surface area contributed by atoms with Crippen molar-refractivity contribution in [1.82, 2.24) is 14.9 Å². The van der Waals surface area contributed by atoms with E-state index in [1.54, 1.807) is 39.3 Å². The molecule has 1 N–H and O–H groups in total. The number of thiazole rings is 1. The number of anilines is 1. The number of hydrogen-bond donors (Lipinski definition) is 1. The summed E-state index contributed by atoms with van der Waals surface area (Å²) in [5.41, 5.74) is 1.04. The van der Waals surface area contributed by atoms with Crippen LogP contribution in [0.4, 0.5) is 5.13 Å². The number of nitrogens with one attached hydrogen (secondary N) is 1. The van der Waals surface area contributed by atoms with Crippen molar-refractivity contribution in [2.75, 3.05) is 30.9 Å². The third-order valence-electron chi connectivity index (χ3n) is 3.79. The zero-order chi connectivity index (χ0) is 18.7. The molecular formula is C17H20N4O3S2. The molecule has 0 saturated carbocycles. The van der Waals surface area contributed by atoms with Gasteiger partial charge in [-0.15, -0.1) is 0 Å². The number of thioether (sulfide) groups is 1. The van der Waals surface area contributed by atoms with Gasteiger partial charge in [-0.25, -0.2) is 9.97 Å². The molecule has 0 bridgehead atoms. The fourth-order valence-corrected chi connectivity index (χ4v) is 4.49. The van der Waals surface area contributed by atoms with Gasteiger partial charge < -0.3 is 9.64 Å². The van der Waals surface area contributed by atoms with Gasteiger partial charge in [-0.1, -0.05) is 11.3 Å². The Morgan fingerprint density at radius 1 is 1.38 bits per heavy atom. The Bertz CT molecular complexity index is 816. The number of nitrogens with zero attached hydrogens (tertiary/aromatic N) is 3. The maximum absolute atomic E-state index is 12.5. The lowest BCUT2D eigenvalue weighted by Gasteiger charge is -2.11. The van der Waals surface area contributed by atoms with E-state index >= 15 is 0 Å². The fourth-order valence-electron chi connectivity index (χ4n) is 2.41. The van der Waals surface area contributed by atoms with E-state index in [1.807, 2.05) is 11.8 Å². The number of carbonyl (C=O) groups is 2. The molecule has 1 saturated heterocycles. The second-order valence-corrected chi connectivity index (χ2v) is 8.22. The number of amides is 2. The van der Waals surface area contributed by atoms with Crippen molar-refractivity contribution in [3.8, 4) is 5.88 Å². The molecule has 2 aromatic rings. The minimum atomic E-state index is -0.310. The summed E-state index contributed by atoms with van der Waals surface area (Å²) < 4.78 is 5.82. The van der Waals surface area contributed by atoms with Crippen molar-refractivity contribution in [1.29, 1.82) is 0 Å². The van der Waals surface area contributed by atoms with E-state index in [-0.39, 0.29) is 17.9 Å². The predicted molar refractivity (Wildman–Crippen MR) is 103 cm³/mol. The van der Waals surface area contributed by atoms with Crippen molar-refractivity contribution in [3.05, 3.63) is 34.5 Å². The smallest absolute Gasteiger partial charge is 0.265 e. The first-order chi connectivity index (χ1) is 12.4. The van der Waals surface area contributed by atoms with Crippen LogP contribution in [-0.4, -0.2) is 58.4 Å². The Hall–Kier alpha value is -2.13.